The molecule has 2 saturated carbocycles. The quantitative estimate of drug-likeness (QED) is 0.521. The van der Waals surface area contributed by atoms with Gasteiger partial charge in [0.1, 0.15) is 11.4 Å². The molecule has 0 aromatic heterocycles. The molecule has 20 heavy (non-hydrogen) atoms. The first-order chi connectivity index (χ1) is 9.56. The number of para-hydroxylation sites is 1. The van der Waals surface area contributed by atoms with E-state index in [4.69, 9.17) is 5.73 Å². The van der Waals surface area contributed by atoms with Crippen molar-refractivity contribution in [2.75, 3.05) is 24.2 Å². The van der Waals surface area contributed by atoms with E-state index in [9.17, 15) is 10.1 Å². The normalized spacial score (nSPS) is 27.8. The molecule has 5 nitrogen and oxygen atoms in total. The third-order valence-electron chi connectivity index (χ3n) is 5.03. The highest BCUT2D eigenvalue weighted by atomic mass is 16.6. The maximum atomic E-state index is 11.2. The molecule has 0 spiro atoms. The van der Waals surface area contributed by atoms with Crippen molar-refractivity contribution in [3.8, 4) is 0 Å². The second-order valence-corrected chi connectivity index (χ2v) is 6.29. The number of benzene rings is 1. The lowest BCUT2D eigenvalue weighted by Crippen LogP contribution is -2.29. The van der Waals surface area contributed by atoms with Gasteiger partial charge in [0.25, 0.3) is 0 Å². The van der Waals surface area contributed by atoms with Crippen molar-refractivity contribution in [2.24, 2.45) is 17.8 Å². The molecule has 2 N–H and O–H groups in total. The largest absolute Gasteiger partial charge is 0.393 e. The van der Waals surface area contributed by atoms with Crippen LogP contribution in [0.5, 0.6) is 0 Å². The van der Waals surface area contributed by atoms with Crippen LogP contribution in [0.25, 0.3) is 0 Å². The molecule has 0 heterocycles. The van der Waals surface area contributed by atoms with Gasteiger partial charge < -0.3 is 10.6 Å². The molecule has 3 atom stereocenters. The third kappa shape index (κ3) is 2.21. The van der Waals surface area contributed by atoms with Crippen LogP contribution in [0.4, 0.5) is 17.1 Å². The molecular formula is C15H21N3O2. The van der Waals surface area contributed by atoms with Crippen molar-refractivity contribution >= 4 is 17.1 Å². The van der Waals surface area contributed by atoms with E-state index in [-0.39, 0.29) is 16.3 Å². The number of nitrogens with zero attached hydrogens (tertiary/aromatic N) is 2. The molecule has 2 fully saturated rings. The van der Waals surface area contributed by atoms with Crippen molar-refractivity contribution in [2.45, 2.75) is 25.7 Å². The van der Waals surface area contributed by atoms with Crippen LogP contribution in [-0.2, 0) is 0 Å². The Morgan fingerprint density at radius 2 is 2.20 bits per heavy atom. The first kappa shape index (κ1) is 13.2. The van der Waals surface area contributed by atoms with Gasteiger partial charge in [-0.3, -0.25) is 10.1 Å². The summed E-state index contributed by atoms with van der Waals surface area (Å²) >= 11 is 0. The van der Waals surface area contributed by atoms with Gasteiger partial charge in [0, 0.05) is 13.6 Å². The Bertz CT molecular complexity index is 532. The van der Waals surface area contributed by atoms with E-state index in [0.717, 1.165) is 18.4 Å². The van der Waals surface area contributed by atoms with Crippen LogP contribution in [0.3, 0.4) is 0 Å². The first-order valence-corrected chi connectivity index (χ1v) is 7.30. The summed E-state index contributed by atoms with van der Waals surface area (Å²) in [4.78, 5) is 12.9. The maximum absolute atomic E-state index is 11.2. The van der Waals surface area contributed by atoms with Crippen LogP contribution < -0.4 is 10.6 Å². The predicted molar refractivity (Wildman–Crippen MR) is 79.7 cm³/mol. The maximum Gasteiger partial charge on any atom is 0.315 e. The smallest absolute Gasteiger partial charge is 0.315 e. The van der Waals surface area contributed by atoms with Crippen molar-refractivity contribution in [1.82, 2.24) is 0 Å². The van der Waals surface area contributed by atoms with Crippen LogP contribution in [0.1, 0.15) is 25.7 Å². The summed E-state index contributed by atoms with van der Waals surface area (Å²) in [7, 11) is 1.94. The summed E-state index contributed by atoms with van der Waals surface area (Å²) in [5, 5.41) is 11.2. The van der Waals surface area contributed by atoms with E-state index in [1.165, 1.54) is 25.7 Å². The van der Waals surface area contributed by atoms with E-state index >= 15 is 0 Å². The van der Waals surface area contributed by atoms with Crippen molar-refractivity contribution < 1.29 is 4.92 Å². The molecule has 108 valence electrons. The average molecular weight is 275 g/mol. The monoisotopic (exact) mass is 275 g/mol. The lowest BCUT2D eigenvalue weighted by molar-refractivity contribution is -0.383. The summed E-state index contributed by atoms with van der Waals surface area (Å²) in [6, 6.07) is 5.17. The molecule has 3 unspecified atom stereocenters. The summed E-state index contributed by atoms with van der Waals surface area (Å²) < 4.78 is 0. The van der Waals surface area contributed by atoms with E-state index in [1.807, 2.05) is 11.9 Å². The number of nitro groups is 1. The van der Waals surface area contributed by atoms with Gasteiger partial charge in [-0.15, -0.1) is 0 Å². The third-order valence-corrected chi connectivity index (χ3v) is 5.03. The van der Waals surface area contributed by atoms with Gasteiger partial charge in [-0.05, 0) is 49.1 Å². The molecule has 0 radical (unpaired) electrons. The van der Waals surface area contributed by atoms with Crippen molar-refractivity contribution in [3.63, 3.8) is 0 Å². The highest BCUT2D eigenvalue weighted by Gasteiger charge is 2.40. The Hall–Kier alpha value is -1.78. The summed E-state index contributed by atoms with van der Waals surface area (Å²) in [5.41, 5.74) is 6.68. The molecule has 0 amide bonds. The first-order valence-electron chi connectivity index (χ1n) is 7.30. The lowest BCUT2D eigenvalue weighted by Gasteiger charge is -2.28. The highest BCUT2D eigenvalue weighted by Crippen LogP contribution is 2.49. The second-order valence-electron chi connectivity index (χ2n) is 6.29. The van der Waals surface area contributed by atoms with E-state index in [2.05, 4.69) is 0 Å². The van der Waals surface area contributed by atoms with Gasteiger partial charge in [0.2, 0.25) is 0 Å². The number of nitrogens with two attached hydrogens (primary N) is 1. The molecule has 2 aliphatic rings. The van der Waals surface area contributed by atoms with Gasteiger partial charge in [-0.25, -0.2) is 0 Å². The molecule has 1 aromatic rings. The number of hydrogen-bond donors (Lipinski definition) is 1. The fourth-order valence-electron chi connectivity index (χ4n) is 4.11. The summed E-state index contributed by atoms with van der Waals surface area (Å²) in [6.07, 6.45) is 5.36. The number of rotatable bonds is 4. The van der Waals surface area contributed by atoms with Gasteiger partial charge in [-0.2, -0.15) is 0 Å². The molecule has 5 heteroatoms. The molecule has 1 aromatic carbocycles. The summed E-state index contributed by atoms with van der Waals surface area (Å²) in [6.45, 7) is 0.894. The van der Waals surface area contributed by atoms with Crippen molar-refractivity contribution in [3.05, 3.63) is 28.3 Å². The molecule has 2 bridgehead atoms. The molecular weight excluding hydrogens is 254 g/mol. The van der Waals surface area contributed by atoms with Crippen LogP contribution in [0, 0.1) is 27.9 Å². The highest BCUT2D eigenvalue weighted by molar-refractivity contribution is 5.75. The van der Waals surface area contributed by atoms with E-state index in [0.29, 0.717) is 11.6 Å². The second kappa shape index (κ2) is 4.96. The fourth-order valence-corrected chi connectivity index (χ4v) is 4.11. The Balaban J connectivity index is 1.79. The van der Waals surface area contributed by atoms with Gasteiger partial charge in [0.05, 0.1) is 4.92 Å². The minimum absolute atomic E-state index is 0.0400. The Morgan fingerprint density at radius 3 is 2.80 bits per heavy atom. The topological polar surface area (TPSA) is 72.4 Å². The molecule has 0 saturated heterocycles. The molecule has 2 aliphatic carbocycles. The standard InChI is InChI=1S/C15H21N3O2/c1-17(9-12-8-10-5-6-11(12)7-10)14-4-2-3-13(16)15(14)18(19)20/h2-4,10-12H,5-9,16H2,1H3. The Kier molecular flexibility index (Phi) is 3.28. The zero-order valence-corrected chi connectivity index (χ0v) is 11.8. The van der Waals surface area contributed by atoms with Gasteiger partial charge >= 0.3 is 5.69 Å². The minimum atomic E-state index is -0.373. The number of hydrogen-bond acceptors (Lipinski definition) is 4. The van der Waals surface area contributed by atoms with Crippen LogP contribution >= 0.6 is 0 Å². The Morgan fingerprint density at radius 1 is 1.40 bits per heavy atom. The average Bonchev–Trinajstić information content (AvgIpc) is 3.00. The van der Waals surface area contributed by atoms with Gasteiger partial charge in [0.15, 0.2) is 0 Å². The SMILES string of the molecule is CN(CC1CC2CCC1C2)c1cccc(N)c1[N+](=O)[O-]. The number of fused-ring (bicyclic) bond motifs is 2. The predicted octanol–water partition coefficient (Wildman–Crippen LogP) is 3.05. The van der Waals surface area contributed by atoms with E-state index < -0.39 is 0 Å². The fraction of sp³-hybridized carbons (Fsp3) is 0.600. The lowest BCUT2D eigenvalue weighted by atomic mass is 9.88. The number of nitrogen functional groups attached to an aromatic ring is 1. The zero-order chi connectivity index (χ0) is 14.3. The zero-order valence-electron chi connectivity index (χ0n) is 11.8. The van der Waals surface area contributed by atoms with Crippen LogP contribution in [0.2, 0.25) is 0 Å². The minimum Gasteiger partial charge on any atom is -0.393 e. The number of nitro benzene ring substituents is 1. The van der Waals surface area contributed by atoms with Gasteiger partial charge in [-0.1, -0.05) is 12.5 Å². The summed E-state index contributed by atoms with van der Waals surface area (Å²) in [5.74, 6) is 2.40. The van der Waals surface area contributed by atoms with Crippen molar-refractivity contribution in [1.29, 1.82) is 0 Å². The van der Waals surface area contributed by atoms with E-state index in [1.54, 1.807) is 18.2 Å². The number of anilines is 2. The molecule has 0 aliphatic heterocycles. The Labute approximate surface area is 118 Å². The van der Waals surface area contributed by atoms with Crippen LogP contribution in [-0.4, -0.2) is 18.5 Å². The van der Waals surface area contributed by atoms with Crippen LogP contribution in [0.15, 0.2) is 18.2 Å². The molecule has 3 rings (SSSR count).